The third kappa shape index (κ3) is 2.84. The second-order valence-corrected chi connectivity index (χ2v) is 7.45. The second kappa shape index (κ2) is 7.30. The Balaban J connectivity index is 1.65. The summed E-state index contributed by atoms with van der Waals surface area (Å²) in [6.07, 6.45) is 0. The van der Waals surface area contributed by atoms with Gasteiger partial charge in [-0.15, -0.1) is 0 Å². The molecule has 4 nitrogen and oxygen atoms in total. The van der Waals surface area contributed by atoms with Gasteiger partial charge in [0, 0.05) is 35.0 Å². The van der Waals surface area contributed by atoms with Crippen molar-refractivity contribution in [1.29, 1.82) is 0 Å². The van der Waals surface area contributed by atoms with E-state index in [1.807, 2.05) is 43.0 Å². The van der Waals surface area contributed by atoms with Crippen LogP contribution in [0.15, 0.2) is 72.8 Å². The Bertz CT molecular complexity index is 1310. The van der Waals surface area contributed by atoms with Crippen molar-refractivity contribution in [3.63, 3.8) is 0 Å². The lowest BCUT2D eigenvalue weighted by atomic mass is 10.0. The summed E-state index contributed by atoms with van der Waals surface area (Å²) < 4.78 is 0. The lowest BCUT2D eigenvalue weighted by molar-refractivity contribution is 0.0773. The van der Waals surface area contributed by atoms with Crippen LogP contribution in [0.3, 0.4) is 0 Å². The molecule has 30 heavy (non-hydrogen) atoms. The number of hydrogen-bond acceptors (Lipinski definition) is 2. The van der Waals surface area contributed by atoms with Crippen LogP contribution in [0, 0.1) is 0 Å². The summed E-state index contributed by atoms with van der Waals surface area (Å²) in [5.41, 5.74) is 3.69. The van der Waals surface area contributed by atoms with Crippen LogP contribution in [0.2, 0.25) is 0 Å². The van der Waals surface area contributed by atoms with Gasteiger partial charge in [-0.25, -0.2) is 4.98 Å². The molecule has 0 atom stereocenters. The van der Waals surface area contributed by atoms with Gasteiger partial charge in [-0.1, -0.05) is 60.7 Å². The number of amides is 1. The summed E-state index contributed by atoms with van der Waals surface area (Å²) in [6, 6.07) is 24.5. The minimum atomic E-state index is 0.0631. The van der Waals surface area contributed by atoms with Gasteiger partial charge in [0.2, 0.25) is 0 Å². The molecule has 0 saturated carbocycles. The van der Waals surface area contributed by atoms with E-state index in [1.165, 1.54) is 16.2 Å². The van der Waals surface area contributed by atoms with Gasteiger partial charge in [0.15, 0.2) is 0 Å². The maximum absolute atomic E-state index is 12.6. The molecule has 0 bridgehead atoms. The van der Waals surface area contributed by atoms with E-state index in [4.69, 9.17) is 4.98 Å². The van der Waals surface area contributed by atoms with Crippen molar-refractivity contribution >= 4 is 38.5 Å². The summed E-state index contributed by atoms with van der Waals surface area (Å²) in [6.45, 7) is 5.42. The number of carbonyl (C=O) groups is 1. The lowest BCUT2D eigenvalue weighted by Gasteiger charge is -2.18. The Labute approximate surface area is 175 Å². The maximum atomic E-state index is 12.6. The highest BCUT2D eigenvalue weighted by atomic mass is 16.2. The molecule has 0 aliphatic carbocycles. The van der Waals surface area contributed by atoms with E-state index in [1.54, 1.807) is 0 Å². The lowest BCUT2D eigenvalue weighted by Crippen LogP contribution is -2.30. The Kier molecular flexibility index (Phi) is 4.47. The maximum Gasteiger partial charge on any atom is 0.253 e. The molecule has 1 amide bonds. The zero-order valence-corrected chi connectivity index (χ0v) is 17.1. The number of imidazole rings is 1. The van der Waals surface area contributed by atoms with Crippen molar-refractivity contribution in [2.24, 2.45) is 0 Å². The summed E-state index contributed by atoms with van der Waals surface area (Å²) >= 11 is 0. The van der Waals surface area contributed by atoms with E-state index in [0.717, 1.165) is 27.8 Å². The molecule has 1 heterocycles. The number of benzene rings is 4. The molecule has 4 aromatic carbocycles. The Morgan fingerprint density at radius 1 is 0.800 bits per heavy atom. The molecule has 4 heteroatoms. The largest absolute Gasteiger partial charge is 0.339 e. The minimum absolute atomic E-state index is 0.0631. The van der Waals surface area contributed by atoms with Crippen molar-refractivity contribution in [3.8, 4) is 11.4 Å². The molecule has 1 aromatic heterocycles. The van der Waals surface area contributed by atoms with Gasteiger partial charge in [-0.2, -0.15) is 0 Å². The standard InChI is InChI=1S/C26H23N3O/c1-3-29(4-2)26(30)18-15-13-17(14-16-18)25-27-23-21-11-7-5-9-19(21)20-10-6-8-12-22(20)24(23)28-25/h5-16H,3-4H2,1-2H3,(H,27,28). The first-order valence-electron chi connectivity index (χ1n) is 10.4. The number of carbonyl (C=O) groups excluding carboxylic acids is 1. The molecule has 148 valence electrons. The van der Waals surface area contributed by atoms with Gasteiger partial charge in [0.25, 0.3) is 5.91 Å². The topological polar surface area (TPSA) is 49.0 Å². The number of hydrogen-bond donors (Lipinski definition) is 1. The molecule has 0 aliphatic rings. The fraction of sp³-hybridized carbons (Fsp3) is 0.154. The molecule has 5 rings (SSSR count). The molecular formula is C26H23N3O. The molecule has 0 radical (unpaired) electrons. The SMILES string of the molecule is CCN(CC)C(=O)c1ccc(-c2nc3c4ccccc4c4ccccc4c3[nH]2)cc1. The van der Waals surface area contributed by atoms with E-state index in [2.05, 4.69) is 53.5 Å². The number of aromatic nitrogens is 2. The summed E-state index contributed by atoms with van der Waals surface area (Å²) in [4.78, 5) is 22.9. The highest BCUT2D eigenvalue weighted by molar-refractivity contribution is 6.23. The zero-order valence-electron chi connectivity index (χ0n) is 17.1. The summed E-state index contributed by atoms with van der Waals surface area (Å²) in [5.74, 6) is 0.876. The molecule has 0 unspecified atom stereocenters. The third-order valence-corrected chi connectivity index (χ3v) is 5.83. The van der Waals surface area contributed by atoms with E-state index in [0.29, 0.717) is 18.7 Å². The van der Waals surface area contributed by atoms with Gasteiger partial charge in [0.1, 0.15) is 5.82 Å². The highest BCUT2D eigenvalue weighted by Gasteiger charge is 2.15. The van der Waals surface area contributed by atoms with Crippen LogP contribution in [-0.2, 0) is 0 Å². The zero-order chi connectivity index (χ0) is 20.7. The minimum Gasteiger partial charge on any atom is -0.339 e. The first kappa shape index (κ1) is 18.4. The van der Waals surface area contributed by atoms with Crippen molar-refractivity contribution in [1.82, 2.24) is 14.9 Å². The second-order valence-electron chi connectivity index (χ2n) is 7.45. The molecule has 1 N–H and O–H groups in total. The molecule has 0 saturated heterocycles. The van der Waals surface area contributed by atoms with Crippen LogP contribution >= 0.6 is 0 Å². The third-order valence-electron chi connectivity index (χ3n) is 5.83. The van der Waals surface area contributed by atoms with E-state index < -0.39 is 0 Å². The van der Waals surface area contributed by atoms with Crippen LogP contribution in [0.5, 0.6) is 0 Å². The first-order chi connectivity index (χ1) is 14.7. The van der Waals surface area contributed by atoms with Gasteiger partial charge >= 0.3 is 0 Å². The fourth-order valence-electron chi connectivity index (χ4n) is 4.22. The Hall–Kier alpha value is -3.66. The predicted octanol–water partition coefficient (Wildman–Crippen LogP) is 6.02. The summed E-state index contributed by atoms with van der Waals surface area (Å²) in [7, 11) is 0. The van der Waals surface area contributed by atoms with Crippen molar-refractivity contribution < 1.29 is 4.79 Å². The fourth-order valence-corrected chi connectivity index (χ4v) is 4.22. The molecule has 0 aliphatic heterocycles. The van der Waals surface area contributed by atoms with Gasteiger partial charge < -0.3 is 9.88 Å². The van der Waals surface area contributed by atoms with Crippen LogP contribution in [0.4, 0.5) is 0 Å². The van der Waals surface area contributed by atoms with Crippen LogP contribution in [0.1, 0.15) is 24.2 Å². The van der Waals surface area contributed by atoms with Crippen molar-refractivity contribution in [3.05, 3.63) is 78.4 Å². The monoisotopic (exact) mass is 393 g/mol. The highest BCUT2D eigenvalue weighted by Crippen LogP contribution is 2.35. The van der Waals surface area contributed by atoms with E-state index in [-0.39, 0.29) is 5.91 Å². The van der Waals surface area contributed by atoms with E-state index >= 15 is 0 Å². The number of aromatic amines is 1. The number of nitrogens with one attached hydrogen (secondary N) is 1. The van der Waals surface area contributed by atoms with Gasteiger partial charge in [-0.05, 0) is 36.8 Å². The number of fused-ring (bicyclic) bond motifs is 6. The quantitative estimate of drug-likeness (QED) is 0.380. The molecule has 5 aromatic rings. The summed E-state index contributed by atoms with van der Waals surface area (Å²) in [5, 5.41) is 4.73. The van der Waals surface area contributed by atoms with Crippen molar-refractivity contribution in [2.45, 2.75) is 13.8 Å². The molecule has 0 spiro atoms. The number of rotatable bonds is 4. The smallest absolute Gasteiger partial charge is 0.253 e. The molecule has 0 fully saturated rings. The average Bonchev–Trinajstić information content (AvgIpc) is 3.26. The van der Waals surface area contributed by atoms with E-state index in [9.17, 15) is 4.79 Å². The first-order valence-corrected chi connectivity index (χ1v) is 10.4. The van der Waals surface area contributed by atoms with Gasteiger partial charge in [-0.3, -0.25) is 4.79 Å². The van der Waals surface area contributed by atoms with Crippen LogP contribution in [-0.4, -0.2) is 33.9 Å². The van der Waals surface area contributed by atoms with Crippen LogP contribution < -0.4 is 0 Å². The van der Waals surface area contributed by atoms with Crippen LogP contribution in [0.25, 0.3) is 44.0 Å². The average molecular weight is 393 g/mol. The predicted molar refractivity (Wildman–Crippen MR) is 124 cm³/mol. The Morgan fingerprint density at radius 3 is 2.00 bits per heavy atom. The van der Waals surface area contributed by atoms with Crippen molar-refractivity contribution in [2.75, 3.05) is 13.1 Å². The van der Waals surface area contributed by atoms with Gasteiger partial charge in [0.05, 0.1) is 11.0 Å². The normalized spacial score (nSPS) is 11.4. The Morgan fingerprint density at radius 2 is 1.37 bits per heavy atom. The molecular weight excluding hydrogens is 370 g/mol. The number of H-pyrrole nitrogens is 1. The number of nitrogens with zero attached hydrogens (tertiary/aromatic N) is 2.